The van der Waals surface area contributed by atoms with Crippen LogP contribution in [-0.4, -0.2) is 11.6 Å². The summed E-state index contributed by atoms with van der Waals surface area (Å²) >= 11 is 1.83. The predicted octanol–water partition coefficient (Wildman–Crippen LogP) is 4.16. The molecule has 1 N–H and O–H groups in total. The van der Waals surface area contributed by atoms with Crippen molar-refractivity contribution in [1.82, 2.24) is 4.98 Å². The van der Waals surface area contributed by atoms with Crippen molar-refractivity contribution in [3.63, 3.8) is 0 Å². The van der Waals surface area contributed by atoms with E-state index in [1.807, 2.05) is 23.5 Å². The van der Waals surface area contributed by atoms with E-state index in [2.05, 4.69) is 37.1 Å². The molecule has 2 rings (SSSR count). The van der Waals surface area contributed by atoms with Gasteiger partial charge in [0.05, 0.1) is 13.2 Å². The van der Waals surface area contributed by atoms with Gasteiger partial charge < -0.3 is 10.1 Å². The molecule has 0 atom stereocenters. The number of anilines is 1. The number of aryl methyl sites for hydroxylation is 2. The Labute approximate surface area is 118 Å². The molecular formula is C15H20N2OS. The summed E-state index contributed by atoms with van der Waals surface area (Å²) < 4.78 is 5.68. The minimum Gasteiger partial charge on any atom is -0.490 e. The van der Waals surface area contributed by atoms with Crippen molar-refractivity contribution >= 4 is 17.2 Å². The van der Waals surface area contributed by atoms with E-state index < -0.39 is 0 Å². The number of ether oxygens (including phenoxy) is 1. The van der Waals surface area contributed by atoms with Crippen LogP contribution in [0, 0.1) is 13.8 Å². The van der Waals surface area contributed by atoms with Gasteiger partial charge >= 0.3 is 0 Å². The van der Waals surface area contributed by atoms with Crippen LogP contribution < -0.4 is 10.1 Å². The quantitative estimate of drug-likeness (QED) is 0.860. The first-order chi connectivity index (χ1) is 9.20. The zero-order valence-electron chi connectivity index (χ0n) is 11.7. The molecule has 0 aliphatic heterocycles. The van der Waals surface area contributed by atoms with E-state index in [-0.39, 0.29) is 0 Å². The highest BCUT2D eigenvalue weighted by atomic mass is 32.1. The molecule has 2 aromatic rings. The van der Waals surface area contributed by atoms with Crippen molar-refractivity contribution in [3.8, 4) is 5.75 Å². The van der Waals surface area contributed by atoms with Gasteiger partial charge in [0.15, 0.2) is 11.6 Å². The Bertz CT molecular complexity index is 517. The molecule has 2 aromatic heterocycles. The normalized spacial score (nSPS) is 10.5. The molecule has 19 heavy (non-hydrogen) atoms. The van der Waals surface area contributed by atoms with Crippen molar-refractivity contribution in [3.05, 3.63) is 39.7 Å². The molecular weight excluding hydrogens is 256 g/mol. The Kier molecular flexibility index (Phi) is 4.80. The molecule has 0 saturated heterocycles. The second kappa shape index (κ2) is 6.57. The maximum absolute atomic E-state index is 5.68. The summed E-state index contributed by atoms with van der Waals surface area (Å²) in [5.74, 6) is 1.65. The second-order valence-corrected chi connectivity index (χ2v) is 5.84. The van der Waals surface area contributed by atoms with Crippen molar-refractivity contribution in [1.29, 1.82) is 0 Å². The molecule has 102 valence electrons. The first-order valence-corrected chi connectivity index (χ1v) is 7.40. The smallest absolute Gasteiger partial charge is 0.169 e. The summed E-state index contributed by atoms with van der Waals surface area (Å²) in [6.07, 6.45) is 2.78. The summed E-state index contributed by atoms with van der Waals surface area (Å²) in [5, 5.41) is 3.35. The predicted molar refractivity (Wildman–Crippen MR) is 81.1 cm³/mol. The zero-order chi connectivity index (χ0) is 13.7. The highest BCUT2D eigenvalue weighted by Crippen LogP contribution is 2.24. The average Bonchev–Trinajstić information content (AvgIpc) is 2.74. The van der Waals surface area contributed by atoms with Crippen LogP contribution in [0.4, 0.5) is 5.82 Å². The molecule has 0 aliphatic rings. The summed E-state index contributed by atoms with van der Waals surface area (Å²) in [7, 11) is 0. The SMILES string of the molecule is CCCOc1cccnc1NCc1cc(C)c(C)s1. The van der Waals surface area contributed by atoms with E-state index in [0.29, 0.717) is 0 Å². The van der Waals surface area contributed by atoms with Gasteiger partial charge in [0.25, 0.3) is 0 Å². The third-order valence-electron chi connectivity index (χ3n) is 2.88. The average molecular weight is 276 g/mol. The summed E-state index contributed by atoms with van der Waals surface area (Å²) in [4.78, 5) is 7.04. The highest BCUT2D eigenvalue weighted by molar-refractivity contribution is 7.12. The fourth-order valence-electron chi connectivity index (χ4n) is 1.76. The Morgan fingerprint density at radius 2 is 2.21 bits per heavy atom. The van der Waals surface area contributed by atoms with Crippen LogP contribution >= 0.6 is 11.3 Å². The van der Waals surface area contributed by atoms with Crippen LogP contribution in [0.15, 0.2) is 24.4 Å². The molecule has 0 aliphatic carbocycles. The lowest BCUT2D eigenvalue weighted by atomic mass is 10.3. The lowest BCUT2D eigenvalue weighted by Crippen LogP contribution is -2.04. The monoisotopic (exact) mass is 276 g/mol. The Morgan fingerprint density at radius 1 is 1.37 bits per heavy atom. The number of hydrogen-bond donors (Lipinski definition) is 1. The minimum absolute atomic E-state index is 0.720. The van der Waals surface area contributed by atoms with Gasteiger partial charge in [-0.25, -0.2) is 4.98 Å². The number of aromatic nitrogens is 1. The lowest BCUT2D eigenvalue weighted by molar-refractivity contribution is 0.318. The third kappa shape index (κ3) is 3.70. The number of nitrogens with one attached hydrogen (secondary N) is 1. The number of thiophene rings is 1. The van der Waals surface area contributed by atoms with Gasteiger partial charge in [0.1, 0.15) is 0 Å². The van der Waals surface area contributed by atoms with Crippen molar-refractivity contribution in [2.75, 3.05) is 11.9 Å². The first kappa shape index (κ1) is 13.9. The molecule has 3 nitrogen and oxygen atoms in total. The van der Waals surface area contributed by atoms with Crippen LogP contribution in [0.2, 0.25) is 0 Å². The number of rotatable bonds is 6. The van der Waals surface area contributed by atoms with Gasteiger partial charge in [-0.2, -0.15) is 0 Å². The van der Waals surface area contributed by atoms with Crippen LogP contribution in [0.3, 0.4) is 0 Å². The maximum Gasteiger partial charge on any atom is 0.169 e. The largest absolute Gasteiger partial charge is 0.490 e. The van der Waals surface area contributed by atoms with Crippen LogP contribution in [-0.2, 0) is 6.54 Å². The highest BCUT2D eigenvalue weighted by Gasteiger charge is 2.06. The number of nitrogens with zero attached hydrogens (tertiary/aromatic N) is 1. The molecule has 2 heterocycles. The molecule has 0 saturated carbocycles. The fraction of sp³-hybridized carbons (Fsp3) is 0.400. The van der Waals surface area contributed by atoms with Crippen molar-refractivity contribution < 1.29 is 4.74 Å². The topological polar surface area (TPSA) is 34.1 Å². The van der Waals surface area contributed by atoms with E-state index >= 15 is 0 Å². The Morgan fingerprint density at radius 3 is 2.89 bits per heavy atom. The summed E-state index contributed by atoms with van der Waals surface area (Å²) in [5.41, 5.74) is 1.35. The summed E-state index contributed by atoms with van der Waals surface area (Å²) in [6, 6.07) is 6.08. The summed E-state index contributed by atoms with van der Waals surface area (Å²) in [6.45, 7) is 7.91. The maximum atomic E-state index is 5.68. The molecule has 0 fully saturated rings. The third-order valence-corrected chi connectivity index (χ3v) is 4.03. The standard InChI is InChI=1S/C15H20N2OS/c1-4-8-18-14-6-5-7-16-15(14)17-10-13-9-11(2)12(3)19-13/h5-7,9H,4,8,10H2,1-3H3,(H,16,17). The molecule has 0 amide bonds. The fourth-order valence-corrected chi connectivity index (χ4v) is 2.75. The molecule has 0 aromatic carbocycles. The molecule has 0 radical (unpaired) electrons. The van der Waals surface area contributed by atoms with Crippen LogP contribution in [0.25, 0.3) is 0 Å². The molecule has 0 unspecified atom stereocenters. The van der Waals surface area contributed by atoms with Crippen LogP contribution in [0.1, 0.15) is 28.7 Å². The van der Waals surface area contributed by atoms with E-state index in [9.17, 15) is 0 Å². The number of hydrogen-bond acceptors (Lipinski definition) is 4. The first-order valence-electron chi connectivity index (χ1n) is 6.58. The van der Waals surface area contributed by atoms with Gasteiger partial charge in [-0.3, -0.25) is 0 Å². The van der Waals surface area contributed by atoms with Gasteiger partial charge in [-0.1, -0.05) is 6.92 Å². The Hall–Kier alpha value is -1.55. The second-order valence-electron chi connectivity index (χ2n) is 4.50. The van der Waals surface area contributed by atoms with E-state index in [4.69, 9.17) is 4.74 Å². The number of pyridine rings is 1. The molecule has 0 spiro atoms. The molecule has 4 heteroatoms. The van der Waals surface area contributed by atoms with Gasteiger partial charge in [0, 0.05) is 16.0 Å². The van der Waals surface area contributed by atoms with Gasteiger partial charge in [-0.05, 0) is 44.0 Å². The molecule has 0 bridgehead atoms. The van der Waals surface area contributed by atoms with E-state index in [0.717, 1.165) is 31.1 Å². The zero-order valence-corrected chi connectivity index (χ0v) is 12.5. The van der Waals surface area contributed by atoms with E-state index in [1.165, 1.54) is 15.3 Å². The lowest BCUT2D eigenvalue weighted by Gasteiger charge is -2.10. The van der Waals surface area contributed by atoms with Crippen molar-refractivity contribution in [2.45, 2.75) is 33.7 Å². The van der Waals surface area contributed by atoms with Crippen molar-refractivity contribution in [2.24, 2.45) is 0 Å². The van der Waals surface area contributed by atoms with Crippen LogP contribution in [0.5, 0.6) is 5.75 Å². The minimum atomic E-state index is 0.720. The Balaban J connectivity index is 2.02. The van der Waals surface area contributed by atoms with Gasteiger partial charge in [0.2, 0.25) is 0 Å². The van der Waals surface area contributed by atoms with E-state index in [1.54, 1.807) is 6.20 Å². The van der Waals surface area contributed by atoms with Gasteiger partial charge in [-0.15, -0.1) is 11.3 Å².